The summed E-state index contributed by atoms with van der Waals surface area (Å²) in [5.41, 5.74) is 2.76. The van der Waals surface area contributed by atoms with Gasteiger partial charge in [0.05, 0.1) is 6.07 Å². The zero-order chi connectivity index (χ0) is 16.2. The van der Waals surface area contributed by atoms with Crippen LogP contribution in [0.2, 0.25) is 0 Å². The zero-order valence-electron chi connectivity index (χ0n) is 12.4. The van der Waals surface area contributed by atoms with Gasteiger partial charge in [0.25, 0.3) is 0 Å². The Labute approximate surface area is 137 Å². The van der Waals surface area contributed by atoms with E-state index >= 15 is 0 Å². The number of fused-ring (bicyclic) bond motifs is 1. The fourth-order valence-electron chi connectivity index (χ4n) is 2.22. The molecule has 7 heteroatoms. The fourth-order valence-corrected chi connectivity index (χ4v) is 2.84. The second-order valence-electron chi connectivity index (χ2n) is 4.74. The summed E-state index contributed by atoms with van der Waals surface area (Å²) >= 11 is 1.68. The zero-order valence-corrected chi connectivity index (χ0v) is 13.2. The monoisotopic (exact) mass is 323 g/mol. The van der Waals surface area contributed by atoms with Crippen molar-refractivity contribution in [2.75, 3.05) is 11.6 Å². The summed E-state index contributed by atoms with van der Waals surface area (Å²) < 4.78 is 1.62. The molecule has 0 atom stereocenters. The number of carbonyl (C=O) groups excluding carboxylic acids is 1. The molecule has 2 heterocycles. The van der Waals surface area contributed by atoms with Crippen LogP contribution < -0.4 is 5.32 Å². The van der Waals surface area contributed by atoms with Gasteiger partial charge in [0.1, 0.15) is 6.42 Å². The van der Waals surface area contributed by atoms with E-state index in [9.17, 15) is 4.79 Å². The van der Waals surface area contributed by atoms with Crippen LogP contribution in [-0.4, -0.2) is 26.8 Å². The van der Waals surface area contributed by atoms with Crippen LogP contribution in [0, 0.1) is 11.3 Å². The van der Waals surface area contributed by atoms with Crippen LogP contribution in [0.25, 0.3) is 16.8 Å². The molecule has 114 valence electrons. The molecule has 0 saturated heterocycles. The number of amides is 1. The molecule has 0 radical (unpaired) electrons. The number of nitriles is 1. The smallest absolute Gasteiger partial charge is 0.249 e. The number of pyridine rings is 1. The van der Waals surface area contributed by atoms with Gasteiger partial charge in [0.2, 0.25) is 11.9 Å². The van der Waals surface area contributed by atoms with E-state index in [2.05, 4.69) is 27.5 Å². The van der Waals surface area contributed by atoms with Crippen LogP contribution in [0.1, 0.15) is 6.42 Å². The van der Waals surface area contributed by atoms with Gasteiger partial charge in [-0.05, 0) is 30.0 Å². The fraction of sp³-hybridized carbons (Fsp3) is 0.125. The first-order valence-electron chi connectivity index (χ1n) is 6.88. The van der Waals surface area contributed by atoms with Crippen molar-refractivity contribution in [2.45, 2.75) is 11.3 Å². The quantitative estimate of drug-likeness (QED) is 0.746. The maximum Gasteiger partial charge on any atom is 0.249 e. The molecule has 23 heavy (non-hydrogen) atoms. The predicted octanol–water partition coefficient (Wildman–Crippen LogP) is 2.97. The molecular formula is C16H13N5OS. The topological polar surface area (TPSA) is 83.1 Å². The molecule has 0 saturated carbocycles. The van der Waals surface area contributed by atoms with Crippen molar-refractivity contribution in [1.29, 1.82) is 5.26 Å². The SMILES string of the molecule is CSc1ccccc1-c1ccc2nc(NC(=O)CC#N)nn2c1. The van der Waals surface area contributed by atoms with Gasteiger partial charge in [-0.2, -0.15) is 10.2 Å². The van der Waals surface area contributed by atoms with Gasteiger partial charge in [-0.1, -0.05) is 18.2 Å². The Bertz CT molecular complexity index is 912. The lowest BCUT2D eigenvalue weighted by molar-refractivity contribution is -0.115. The second-order valence-corrected chi connectivity index (χ2v) is 5.59. The molecule has 0 unspecified atom stereocenters. The largest absolute Gasteiger partial charge is 0.292 e. The minimum atomic E-state index is -0.420. The van der Waals surface area contributed by atoms with Crippen LogP contribution in [-0.2, 0) is 4.79 Å². The van der Waals surface area contributed by atoms with Gasteiger partial charge in [-0.15, -0.1) is 16.9 Å². The van der Waals surface area contributed by atoms with Crippen molar-refractivity contribution >= 4 is 29.3 Å². The van der Waals surface area contributed by atoms with Crippen molar-refractivity contribution in [3.8, 4) is 17.2 Å². The van der Waals surface area contributed by atoms with Gasteiger partial charge >= 0.3 is 0 Å². The number of thioether (sulfide) groups is 1. The highest BCUT2D eigenvalue weighted by atomic mass is 32.2. The van der Waals surface area contributed by atoms with Gasteiger partial charge in [0, 0.05) is 16.7 Å². The van der Waals surface area contributed by atoms with Gasteiger partial charge in [-0.25, -0.2) is 4.52 Å². The van der Waals surface area contributed by atoms with E-state index in [0.717, 1.165) is 11.1 Å². The molecule has 0 aliphatic rings. The molecule has 2 aromatic heterocycles. The molecule has 3 aromatic rings. The third-order valence-corrected chi connectivity index (χ3v) is 4.04. The molecule has 1 N–H and O–H groups in total. The molecule has 0 bridgehead atoms. The number of anilines is 1. The average Bonchev–Trinajstić information content (AvgIpc) is 2.96. The Morgan fingerprint density at radius 3 is 2.96 bits per heavy atom. The Balaban J connectivity index is 1.96. The van der Waals surface area contributed by atoms with Gasteiger partial charge in [0.15, 0.2) is 5.65 Å². The third-order valence-electron chi connectivity index (χ3n) is 3.24. The first-order chi connectivity index (χ1) is 11.2. The highest BCUT2D eigenvalue weighted by molar-refractivity contribution is 7.98. The average molecular weight is 323 g/mol. The first kappa shape index (κ1) is 15.1. The number of hydrogen-bond acceptors (Lipinski definition) is 5. The minimum Gasteiger partial charge on any atom is -0.292 e. The molecular weight excluding hydrogens is 310 g/mol. The van der Waals surface area contributed by atoms with E-state index in [1.165, 1.54) is 4.90 Å². The van der Waals surface area contributed by atoms with E-state index in [4.69, 9.17) is 5.26 Å². The van der Waals surface area contributed by atoms with Crippen molar-refractivity contribution in [1.82, 2.24) is 14.6 Å². The Kier molecular flexibility index (Phi) is 4.26. The van der Waals surface area contributed by atoms with Crippen LogP contribution in [0.4, 0.5) is 5.95 Å². The Morgan fingerprint density at radius 2 is 2.17 bits per heavy atom. The molecule has 0 aliphatic carbocycles. The maximum absolute atomic E-state index is 11.4. The maximum atomic E-state index is 11.4. The second kappa shape index (κ2) is 6.50. The molecule has 1 amide bonds. The highest BCUT2D eigenvalue weighted by Crippen LogP contribution is 2.29. The van der Waals surface area contributed by atoms with E-state index in [1.807, 2.05) is 36.7 Å². The van der Waals surface area contributed by atoms with Crippen LogP contribution in [0.15, 0.2) is 47.5 Å². The van der Waals surface area contributed by atoms with Crippen molar-refractivity contribution in [2.24, 2.45) is 0 Å². The summed E-state index contributed by atoms with van der Waals surface area (Å²) in [7, 11) is 0. The van der Waals surface area contributed by atoms with Crippen molar-refractivity contribution in [3.05, 3.63) is 42.6 Å². The molecule has 0 aliphatic heterocycles. The number of hydrogen-bond donors (Lipinski definition) is 1. The lowest BCUT2D eigenvalue weighted by atomic mass is 10.1. The van der Waals surface area contributed by atoms with E-state index < -0.39 is 5.91 Å². The Hall–Kier alpha value is -2.85. The number of benzene rings is 1. The van der Waals surface area contributed by atoms with Crippen LogP contribution in [0.5, 0.6) is 0 Å². The summed E-state index contributed by atoms with van der Waals surface area (Å²) in [6, 6.07) is 13.7. The lowest BCUT2D eigenvalue weighted by Gasteiger charge is -2.07. The number of nitrogens with zero attached hydrogens (tertiary/aromatic N) is 4. The van der Waals surface area contributed by atoms with Gasteiger partial charge < -0.3 is 0 Å². The number of nitrogens with one attached hydrogen (secondary N) is 1. The highest BCUT2D eigenvalue weighted by Gasteiger charge is 2.09. The summed E-state index contributed by atoms with van der Waals surface area (Å²) in [6.07, 6.45) is 3.69. The van der Waals surface area contributed by atoms with E-state index in [-0.39, 0.29) is 12.4 Å². The van der Waals surface area contributed by atoms with Crippen LogP contribution >= 0.6 is 11.8 Å². The summed E-state index contributed by atoms with van der Waals surface area (Å²) in [4.78, 5) is 16.8. The number of aromatic nitrogens is 3. The molecule has 3 rings (SSSR count). The normalized spacial score (nSPS) is 10.4. The van der Waals surface area contributed by atoms with Gasteiger partial charge in [-0.3, -0.25) is 10.1 Å². The van der Waals surface area contributed by atoms with Crippen molar-refractivity contribution < 1.29 is 4.79 Å². The van der Waals surface area contributed by atoms with Crippen molar-refractivity contribution in [3.63, 3.8) is 0 Å². The molecule has 6 nitrogen and oxygen atoms in total. The summed E-state index contributed by atoms with van der Waals surface area (Å²) in [6.45, 7) is 0. The predicted molar refractivity (Wildman–Crippen MR) is 89.1 cm³/mol. The standard InChI is InChI=1S/C16H13N5OS/c1-23-13-5-3-2-4-12(13)11-6-7-14-18-16(20-21(14)10-11)19-15(22)8-9-17/h2-7,10H,8H2,1H3,(H,19,20,22). The molecule has 0 spiro atoms. The molecule has 1 aromatic carbocycles. The number of rotatable bonds is 4. The van der Waals surface area contributed by atoms with E-state index in [0.29, 0.717) is 5.65 Å². The third kappa shape index (κ3) is 3.17. The minimum absolute atomic E-state index is 0.195. The Morgan fingerprint density at radius 1 is 1.35 bits per heavy atom. The first-order valence-corrected chi connectivity index (χ1v) is 8.10. The lowest BCUT2D eigenvalue weighted by Crippen LogP contribution is -2.11. The van der Waals surface area contributed by atoms with Crippen LogP contribution in [0.3, 0.4) is 0 Å². The van der Waals surface area contributed by atoms with E-state index in [1.54, 1.807) is 22.3 Å². The summed E-state index contributed by atoms with van der Waals surface area (Å²) in [5, 5.41) is 15.2. The number of carbonyl (C=O) groups is 1. The summed E-state index contributed by atoms with van der Waals surface area (Å²) in [5.74, 6) is -0.225. The molecule has 0 fully saturated rings.